The van der Waals surface area contributed by atoms with Crippen molar-refractivity contribution in [2.45, 2.75) is 13.5 Å². The lowest BCUT2D eigenvalue weighted by molar-refractivity contribution is -0.115. The Morgan fingerprint density at radius 3 is 2.71 bits per heavy atom. The van der Waals surface area contributed by atoms with Crippen LogP contribution in [0.3, 0.4) is 0 Å². The number of carbonyl (C=O) groups excluding carboxylic acids is 1. The highest BCUT2D eigenvalue weighted by molar-refractivity contribution is 5.92. The molecular weight excluding hydrogens is 266 g/mol. The summed E-state index contributed by atoms with van der Waals surface area (Å²) >= 11 is 0. The van der Waals surface area contributed by atoms with Gasteiger partial charge in [-0.25, -0.2) is 0 Å². The molecule has 0 unspecified atom stereocenters. The average Bonchev–Trinajstić information content (AvgIpc) is 2.51. The van der Waals surface area contributed by atoms with E-state index in [0.717, 1.165) is 17.0 Å². The first kappa shape index (κ1) is 15.0. The Morgan fingerprint density at radius 2 is 2.05 bits per heavy atom. The van der Waals surface area contributed by atoms with E-state index in [1.165, 1.54) is 0 Å². The topological polar surface area (TPSA) is 63.2 Å². The van der Waals surface area contributed by atoms with E-state index < -0.39 is 0 Å². The molecule has 0 saturated heterocycles. The highest BCUT2D eigenvalue weighted by Crippen LogP contribution is 2.15. The smallest absolute Gasteiger partial charge is 0.238 e. The third kappa shape index (κ3) is 5.24. The number of pyridine rings is 1. The Balaban J connectivity index is 1.74. The lowest BCUT2D eigenvalue weighted by atomic mass is 10.3. The first-order valence-corrected chi connectivity index (χ1v) is 6.90. The summed E-state index contributed by atoms with van der Waals surface area (Å²) in [4.78, 5) is 15.8. The summed E-state index contributed by atoms with van der Waals surface area (Å²) in [5.74, 6) is 0.716. The molecule has 0 saturated carbocycles. The van der Waals surface area contributed by atoms with Gasteiger partial charge in [0.2, 0.25) is 5.91 Å². The van der Waals surface area contributed by atoms with Crippen LogP contribution in [0, 0.1) is 0 Å². The minimum Gasteiger partial charge on any atom is -0.494 e. The van der Waals surface area contributed by atoms with Gasteiger partial charge in [-0.3, -0.25) is 9.78 Å². The molecule has 1 heterocycles. The van der Waals surface area contributed by atoms with Crippen molar-refractivity contribution in [3.8, 4) is 5.75 Å². The Morgan fingerprint density at radius 1 is 1.24 bits per heavy atom. The van der Waals surface area contributed by atoms with Crippen LogP contribution in [0.25, 0.3) is 0 Å². The second-order valence-corrected chi connectivity index (χ2v) is 4.47. The normalized spacial score (nSPS) is 10.1. The van der Waals surface area contributed by atoms with Gasteiger partial charge in [0.15, 0.2) is 0 Å². The summed E-state index contributed by atoms with van der Waals surface area (Å²) in [5.41, 5.74) is 1.80. The predicted octanol–water partition coefficient (Wildman–Crippen LogP) is 2.21. The zero-order valence-corrected chi connectivity index (χ0v) is 12.0. The number of nitrogens with zero attached hydrogens (tertiary/aromatic N) is 1. The monoisotopic (exact) mass is 285 g/mol. The SMILES string of the molecule is CCOc1ccc(NC(=O)CNCc2cccnc2)cc1. The number of rotatable bonds is 7. The fourth-order valence-corrected chi connectivity index (χ4v) is 1.83. The van der Waals surface area contributed by atoms with Crippen molar-refractivity contribution >= 4 is 11.6 Å². The van der Waals surface area contributed by atoms with Crippen LogP contribution in [0.5, 0.6) is 5.75 Å². The fraction of sp³-hybridized carbons (Fsp3) is 0.250. The van der Waals surface area contributed by atoms with E-state index in [1.807, 2.05) is 43.3 Å². The molecule has 0 aliphatic rings. The molecule has 0 aliphatic heterocycles. The molecule has 1 aromatic heterocycles. The van der Waals surface area contributed by atoms with Gasteiger partial charge in [-0.15, -0.1) is 0 Å². The molecule has 0 spiro atoms. The van der Waals surface area contributed by atoms with Gasteiger partial charge in [0.05, 0.1) is 13.2 Å². The molecular formula is C16H19N3O2. The van der Waals surface area contributed by atoms with E-state index in [9.17, 15) is 4.79 Å². The number of ether oxygens (including phenoxy) is 1. The molecule has 2 aromatic rings. The molecule has 0 bridgehead atoms. The van der Waals surface area contributed by atoms with Crippen LogP contribution in [0.2, 0.25) is 0 Å². The number of hydrogen-bond donors (Lipinski definition) is 2. The van der Waals surface area contributed by atoms with Gasteiger partial charge in [-0.1, -0.05) is 6.07 Å². The van der Waals surface area contributed by atoms with E-state index in [0.29, 0.717) is 13.2 Å². The molecule has 0 aliphatic carbocycles. The van der Waals surface area contributed by atoms with Crippen molar-refractivity contribution in [3.63, 3.8) is 0 Å². The van der Waals surface area contributed by atoms with E-state index in [2.05, 4.69) is 15.6 Å². The van der Waals surface area contributed by atoms with Crippen LogP contribution >= 0.6 is 0 Å². The highest BCUT2D eigenvalue weighted by atomic mass is 16.5. The summed E-state index contributed by atoms with van der Waals surface area (Å²) in [6.45, 7) is 3.43. The number of carbonyl (C=O) groups is 1. The first-order valence-electron chi connectivity index (χ1n) is 6.90. The van der Waals surface area contributed by atoms with Crippen LogP contribution in [0.4, 0.5) is 5.69 Å². The summed E-state index contributed by atoms with van der Waals surface area (Å²) in [7, 11) is 0. The van der Waals surface area contributed by atoms with Crippen molar-refractivity contribution in [2.24, 2.45) is 0 Å². The van der Waals surface area contributed by atoms with Gasteiger partial charge in [-0.05, 0) is 42.8 Å². The number of nitrogens with one attached hydrogen (secondary N) is 2. The van der Waals surface area contributed by atoms with Gasteiger partial charge in [-0.2, -0.15) is 0 Å². The molecule has 1 amide bonds. The third-order valence-electron chi connectivity index (χ3n) is 2.79. The summed E-state index contributed by atoms with van der Waals surface area (Å²) in [5, 5.41) is 5.90. The van der Waals surface area contributed by atoms with E-state index in [4.69, 9.17) is 4.74 Å². The largest absolute Gasteiger partial charge is 0.494 e. The molecule has 21 heavy (non-hydrogen) atoms. The van der Waals surface area contributed by atoms with Crippen LogP contribution in [0.1, 0.15) is 12.5 Å². The number of aromatic nitrogens is 1. The molecule has 0 atom stereocenters. The van der Waals surface area contributed by atoms with Crippen molar-refractivity contribution in [1.82, 2.24) is 10.3 Å². The van der Waals surface area contributed by atoms with E-state index in [1.54, 1.807) is 12.4 Å². The maximum atomic E-state index is 11.8. The molecule has 5 heteroatoms. The highest BCUT2D eigenvalue weighted by Gasteiger charge is 2.02. The zero-order valence-electron chi connectivity index (χ0n) is 12.0. The maximum Gasteiger partial charge on any atom is 0.238 e. The van der Waals surface area contributed by atoms with Crippen molar-refractivity contribution < 1.29 is 9.53 Å². The molecule has 0 fully saturated rings. The summed E-state index contributed by atoms with van der Waals surface area (Å²) < 4.78 is 5.35. The molecule has 5 nitrogen and oxygen atoms in total. The molecule has 2 rings (SSSR count). The Hall–Kier alpha value is -2.40. The quantitative estimate of drug-likeness (QED) is 0.818. The van der Waals surface area contributed by atoms with Gasteiger partial charge in [0, 0.05) is 24.6 Å². The maximum absolute atomic E-state index is 11.8. The van der Waals surface area contributed by atoms with Crippen molar-refractivity contribution in [1.29, 1.82) is 0 Å². The lowest BCUT2D eigenvalue weighted by Gasteiger charge is -2.08. The Bertz CT molecular complexity index is 555. The summed E-state index contributed by atoms with van der Waals surface area (Å²) in [6, 6.07) is 11.2. The van der Waals surface area contributed by atoms with Crippen molar-refractivity contribution in [3.05, 3.63) is 54.4 Å². The van der Waals surface area contributed by atoms with E-state index >= 15 is 0 Å². The molecule has 0 radical (unpaired) electrons. The van der Waals surface area contributed by atoms with Crippen LogP contribution in [-0.2, 0) is 11.3 Å². The second kappa shape index (κ2) is 8.01. The van der Waals surface area contributed by atoms with Crippen LogP contribution in [0.15, 0.2) is 48.8 Å². The Kier molecular flexibility index (Phi) is 5.72. The molecule has 1 aromatic carbocycles. The Labute approximate surface area is 124 Å². The number of amides is 1. The minimum atomic E-state index is -0.0805. The van der Waals surface area contributed by atoms with Crippen LogP contribution in [-0.4, -0.2) is 24.0 Å². The van der Waals surface area contributed by atoms with Crippen molar-refractivity contribution in [2.75, 3.05) is 18.5 Å². The minimum absolute atomic E-state index is 0.0805. The van der Waals surface area contributed by atoms with Crippen LogP contribution < -0.4 is 15.4 Å². The number of anilines is 1. The first-order chi connectivity index (χ1) is 10.3. The fourth-order valence-electron chi connectivity index (χ4n) is 1.83. The third-order valence-corrected chi connectivity index (χ3v) is 2.79. The second-order valence-electron chi connectivity index (χ2n) is 4.47. The average molecular weight is 285 g/mol. The summed E-state index contributed by atoms with van der Waals surface area (Å²) in [6.07, 6.45) is 3.50. The van der Waals surface area contributed by atoms with Gasteiger partial charge >= 0.3 is 0 Å². The van der Waals surface area contributed by atoms with Gasteiger partial charge in [0.1, 0.15) is 5.75 Å². The zero-order chi connectivity index (χ0) is 14.9. The number of benzene rings is 1. The molecule has 110 valence electrons. The predicted molar refractivity (Wildman–Crippen MR) is 82.2 cm³/mol. The number of hydrogen-bond acceptors (Lipinski definition) is 4. The molecule has 2 N–H and O–H groups in total. The van der Waals surface area contributed by atoms with Gasteiger partial charge in [0.25, 0.3) is 0 Å². The van der Waals surface area contributed by atoms with Gasteiger partial charge < -0.3 is 15.4 Å². The standard InChI is InChI=1S/C16H19N3O2/c1-2-21-15-7-5-14(6-8-15)19-16(20)12-18-11-13-4-3-9-17-10-13/h3-10,18H,2,11-12H2,1H3,(H,19,20). The lowest BCUT2D eigenvalue weighted by Crippen LogP contribution is -2.27. The van der Waals surface area contributed by atoms with E-state index in [-0.39, 0.29) is 12.5 Å².